The minimum Gasteiger partial charge on any atom is -0.380 e. The van der Waals surface area contributed by atoms with E-state index in [9.17, 15) is 10.1 Å². The van der Waals surface area contributed by atoms with E-state index in [0.717, 1.165) is 12.0 Å². The molecule has 0 aliphatic rings. The first-order chi connectivity index (χ1) is 9.97. The number of nitrogens with zero attached hydrogens (tertiary/aromatic N) is 3. The van der Waals surface area contributed by atoms with Crippen LogP contribution >= 0.6 is 0 Å². The van der Waals surface area contributed by atoms with Gasteiger partial charge in [-0.2, -0.15) is 5.26 Å². The number of rotatable bonds is 8. The molecule has 0 saturated carbocycles. The molecular formula is C15H22N4O2. The number of nitrogens with one attached hydrogen (secondary N) is 1. The summed E-state index contributed by atoms with van der Waals surface area (Å²) in [5.41, 5.74) is 1.53. The maximum atomic E-state index is 11.2. The van der Waals surface area contributed by atoms with Gasteiger partial charge in [-0.3, -0.25) is 10.1 Å². The minimum atomic E-state index is -0.362. The summed E-state index contributed by atoms with van der Waals surface area (Å²) in [6, 6.07) is 7.43. The molecule has 6 heteroatoms. The van der Waals surface area contributed by atoms with Gasteiger partial charge in [-0.15, -0.1) is 0 Å². The van der Waals surface area contributed by atoms with Crippen molar-refractivity contribution >= 4 is 11.4 Å². The Kier molecular flexibility index (Phi) is 6.63. The Morgan fingerprint density at radius 2 is 2.24 bits per heavy atom. The van der Waals surface area contributed by atoms with Crippen LogP contribution in [0.1, 0.15) is 25.8 Å². The Labute approximate surface area is 125 Å². The van der Waals surface area contributed by atoms with Gasteiger partial charge in [0, 0.05) is 25.7 Å². The Hall–Kier alpha value is -2.13. The molecular weight excluding hydrogens is 268 g/mol. The van der Waals surface area contributed by atoms with Gasteiger partial charge in [0.15, 0.2) is 0 Å². The van der Waals surface area contributed by atoms with E-state index in [4.69, 9.17) is 5.26 Å². The lowest BCUT2D eigenvalue weighted by Crippen LogP contribution is -2.23. The number of nitro benzene ring substituents is 1. The molecule has 0 spiro atoms. The molecule has 114 valence electrons. The smallest absolute Gasteiger partial charge is 0.292 e. The van der Waals surface area contributed by atoms with Gasteiger partial charge in [0.05, 0.1) is 16.9 Å². The van der Waals surface area contributed by atoms with Crippen molar-refractivity contribution in [1.29, 1.82) is 5.26 Å². The zero-order chi connectivity index (χ0) is 15.8. The van der Waals surface area contributed by atoms with E-state index < -0.39 is 0 Å². The third kappa shape index (κ3) is 5.40. The average molecular weight is 290 g/mol. The third-order valence-corrected chi connectivity index (χ3v) is 3.08. The fourth-order valence-corrected chi connectivity index (χ4v) is 2.12. The summed E-state index contributed by atoms with van der Waals surface area (Å²) in [5, 5.41) is 23.0. The summed E-state index contributed by atoms with van der Waals surface area (Å²) in [6.45, 7) is 5.80. The summed E-state index contributed by atoms with van der Waals surface area (Å²) in [6.07, 6.45) is 0.910. The van der Waals surface area contributed by atoms with Crippen molar-refractivity contribution in [2.45, 2.75) is 26.8 Å². The number of nitro groups is 1. The van der Waals surface area contributed by atoms with Gasteiger partial charge in [-0.05, 0) is 32.0 Å². The molecule has 0 aliphatic heterocycles. The Morgan fingerprint density at radius 1 is 1.52 bits per heavy atom. The third-order valence-electron chi connectivity index (χ3n) is 3.08. The van der Waals surface area contributed by atoms with Crippen LogP contribution in [0.15, 0.2) is 18.2 Å². The maximum Gasteiger partial charge on any atom is 0.292 e. The molecule has 1 aromatic carbocycles. The number of hydrogen-bond donors (Lipinski definition) is 1. The van der Waals surface area contributed by atoms with E-state index in [1.165, 1.54) is 0 Å². The van der Waals surface area contributed by atoms with E-state index in [1.807, 2.05) is 31.9 Å². The standard InChI is InChI=1S/C15H22N4O2/c1-4-7-17-14-6-5-13(8-15(14)19(20)21)11-18(3)10-12(2)9-16/h5-6,8,12,17H,4,7,10-11H2,1-3H3. The predicted octanol–water partition coefficient (Wildman–Crippen LogP) is 3.01. The normalized spacial score (nSPS) is 12.0. The molecule has 1 N–H and O–H groups in total. The summed E-state index contributed by atoms with van der Waals surface area (Å²) in [4.78, 5) is 12.8. The molecule has 0 aromatic heterocycles. The van der Waals surface area contributed by atoms with Crippen molar-refractivity contribution in [3.63, 3.8) is 0 Å². The zero-order valence-corrected chi connectivity index (χ0v) is 12.8. The number of benzene rings is 1. The highest BCUT2D eigenvalue weighted by Crippen LogP contribution is 2.26. The largest absolute Gasteiger partial charge is 0.380 e. The average Bonchev–Trinajstić information content (AvgIpc) is 2.45. The van der Waals surface area contributed by atoms with Crippen molar-refractivity contribution in [3.8, 4) is 6.07 Å². The predicted molar refractivity (Wildman–Crippen MR) is 83.0 cm³/mol. The molecule has 1 rings (SSSR count). The van der Waals surface area contributed by atoms with Crippen LogP contribution in [-0.4, -0.2) is 30.0 Å². The van der Waals surface area contributed by atoms with Crippen molar-refractivity contribution < 1.29 is 4.92 Å². The Morgan fingerprint density at radius 3 is 2.81 bits per heavy atom. The number of nitriles is 1. The first-order valence-electron chi connectivity index (χ1n) is 7.07. The molecule has 1 unspecified atom stereocenters. The quantitative estimate of drug-likeness (QED) is 0.588. The fourth-order valence-electron chi connectivity index (χ4n) is 2.12. The molecule has 0 heterocycles. The molecule has 0 fully saturated rings. The van der Waals surface area contributed by atoms with Crippen LogP contribution in [0.3, 0.4) is 0 Å². The summed E-state index contributed by atoms with van der Waals surface area (Å²) >= 11 is 0. The van der Waals surface area contributed by atoms with Gasteiger partial charge in [0.1, 0.15) is 5.69 Å². The second-order valence-electron chi connectivity index (χ2n) is 5.26. The Balaban J connectivity index is 2.83. The van der Waals surface area contributed by atoms with Crippen molar-refractivity contribution in [2.75, 3.05) is 25.5 Å². The van der Waals surface area contributed by atoms with Crippen LogP contribution in [0.4, 0.5) is 11.4 Å². The maximum absolute atomic E-state index is 11.2. The van der Waals surface area contributed by atoms with Crippen LogP contribution < -0.4 is 5.32 Å². The molecule has 0 saturated heterocycles. The lowest BCUT2D eigenvalue weighted by Gasteiger charge is -2.18. The summed E-state index contributed by atoms with van der Waals surface area (Å²) in [7, 11) is 1.91. The Bertz CT molecular complexity index is 525. The van der Waals surface area contributed by atoms with Gasteiger partial charge in [0.25, 0.3) is 5.69 Å². The van der Waals surface area contributed by atoms with Gasteiger partial charge in [-0.1, -0.05) is 13.0 Å². The lowest BCUT2D eigenvalue weighted by atomic mass is 10.1. The SMILES string of the molecule is CCCNc1ccc(CN(C)CC(C)C#N)cc1[N+](=O)[O-]. The fraction of sp³-hybridized carbons (Fsp3) is 0.533. The molecule has 0 amide bonds. The molecule has 1 atom stereocenters. The number of anilines is 1. The first-order valence-corrected chi connectivity index (χ1v) is 7.07. The first kappa shape index (κ1) is 16.9. The molecule has 0 aliphatic carbocycles. The van der Waals surface area contributed by atoms with E-state index >= 15 is 0 Å². The van der Waals surface area contributed by atoms with Crippen LogP contribution in [0.5, 0.6) is 0 Å². The highest BCUT2D eigenvalue weighted by atomic mass is 16.6. The van der Waals surface area contributed by atoms with Crippen LogP contribution in [0, 0.1) is 27.4 Å². The molecule has 0 bridgehead atoms. The van der Waals surface area contributed by atoms with Gasteiger partial charge in [-0.25, -0.2) is 0 Å². The van der Waals surface area contributed by atoms with Crippen LogP contribution in [0.25, 0.3) is 0 Å². The van der Waals surface area contributed by atoms with Crippen molar-refractivity contribution in [3.05, 3.63) is 33.9 Å². The summed E-state index contributed by atoms with van der Waals surface area (Å²) in [5.74, 6) is -0.0597. The molecule has 0 radical (unpaired) electrons. The van der Waals surface area contributed by atoms with E-state index in [2.05, 4.69) is 11.4 Å². The van der Waals surface area contributed by atoms with Crippen LogP contribution in [-0.2, 0) is 6.54 Å². The second kappa shape index (κ2) is 8.22. The highest BCUT2D eigenvalue weighted by molar-refractivity contribution is 5.62. The lowest BCUT2D eigenvalue weighted by molar-refractivity contribution is -0.384. The van der Waals surface area contributed by atoms with E-state index in [0.29, 0.717) is 25.3 Å². The van der Waals surface area contributed by atoms with Gasteiger partial charge < -0.3 is 10.2 Å². The van der Waals surface area contributed by atoms with Gasteiger partial charge >= 0.3 is 0 Å². The molecule has 21 heavy (non-hydrogen) atoms. The molecule has 6 nitrogen and oxygen atoms in total. The zero-order valence-electron chi connectivity index (χ0n) is 12.8. The molecule has 1 aromatic rings. The van der Waals surface area contributed by atoms with Crippen LogP contribution in [0.2, 0.25) is 0 Å². The summed E-state index contributed by atoms with van der Waals surface area (Å²) < 4.78 is 0. The monoisotopic (exact) mass is 290 g/mol. The van der Waals surface area contributed by atoms with Crippen molar-refractivity contribution in [2.24, 2.45) is 5.92 Å². The number of hydrogen-bond acceptors (Lipinski definition) is 5. The van der Waals surface area contributed by atoms with Crippen molar-refractivity contribution in [1.82, 2.24) is 4.90 Å². The topological polar surface area (TPSA) is 82.2 Å². The minimum absolute atomic E-state index is 0.0597. The highest BCUT2D eigenvalue weighted by Gasteiger charge is 2.15. The van der Waals surface area contributed by atoms with E-state index in [-0.39, 0.29) is 16.5 Å². The van der Waals surface area contributed by atoms with E-state index in [1.54, 1.807) is 12.1 Å². The van der Waals surface area contributed by atoms with Gasteiger partial charge in [0.2, 0.25) is 0 Å². The second-order valence-corrected chi connectivity index (χ2v) is 5.26.